The number of benzene rings is 1. The van der Waals surface area contributed by atoms with Crippen molar-refractivity contribution in [1.82, 2.24) is 0 Å². The van der Waals surface area contributed by atoms with Gasteiger partial charge in [0.15, 0.2) is 0 Å². The first-order valence-electron chi connectivity index (χ1n) is 4.70. The lowest BCUT2D eigenvalue weighted by Gasteiger charge is -2.19. The SMILES string of the molecule is CC(C)(N)Cc1ccc(S(N)(=O)=O)cc1Br. The van der Waals surface area contributed by atoms with Gasteiger partial charge in [-0.25, -0.2) is 13.6 Å². The first-order valence-corrected chi connectivity index (χ1v) is 7.04. The van der Waals surface area contributed by atoms with Crippen molar-refractivity contribution in [1.29, 1.82) is 0 Å². The quantitative estimate of drug-likeness (QED) is 0.884. The average molecular weight is 307 g/mol. The third-order valence-corrected chi connectivity index (χ3v) is 3.65. The highest BCUT2D eigenvalue weighted by atomic mass is 79.9. The van der Waals surface area contributed by atoms with Gasteiger partial charge >= 0.3 is 0 Å². The molecule has 0 aromatic heterocycles. The smallest absolute Gasteiger partial charge is 0.238 e. The summed E-state index contributed by atoms with van der Waals surface area (Å²) >= 11 is 3.32. The van der Waals surface area contributed by atoms with Crippen LogP contribution < -0.4 is 10.9 Å². The zero-order chi connectivity index (χ0) is 12.6. The van der Waals surface area contributed by atoms with E-state index in [2.05, 4.69) is 15.9 Å². The monoisotopic (exact) mass is 306 g/mol. The van der Waals surface area contributed by atoms with Crippen LogP contribution in [0.15, 0.2) is 27.6 Å². The molecule has 0 aliphatic heterocycles. The average Bonchev–Trinajstić information content (AvgIpc) is 2.04. The van der Waals surface area contributed by atoms with Gasteiger partial charge in [-0.15, -0.1) is 0 Å². The van der Waals surface area contributed by atoms with Gasteiger partial charge in [0.2, 0.25) is 10.0 Å². The number of rotatable bonds is 3. The Hall–Kier alpha value is -0.430. The lowest BCUT2D eigenvalue weighted by atomic mass is 9.96. The van der Waals surface area contributed by atoms with E-state index in [1.54, 1.807) is 6.07 Å². The first kappa shape index (κ1) is 13.6. The first-order chi connectivity index (χ1) is 7.09. The van der Waals surface area contributed by atoms with Crippen LogP contribution in [0.4, 0.5) is 0 Å². The van der Waals surface area contributed by atoms with Crippen LogP contribution in [0.3, 0.4) is 0 Å². The number of nitrogens with two attached hydrogens (primary N) is 2. The summed E-state index contributed by atoms with van der Waals surface area (Å²) in [6, 6.07) is 4.70. The molecule has 90 valence electrons. The third-order valence-electron chi connectivity index (χ3n) is 2.00. The van der Waals surface area contributed by atoms with Gasteiger partial charge in [0.1, 0.15) is 0 Å². The summed E-state index contributed by atoms with van der Waals surface area (Å²) in [7, 11) is -3.65. The fourth-order valence-corrected chi connectivity index (χ4v) is 2.55. The molecule has 0 heterocycles. The van der Waals surface area contributed by atoms with E-state index >= 15 is 0 Å². The second-order valence-corrected chi connectivity index (χ2v) is 6.88. The predicted molar refractivity (Wildman–Crippen MR) is 67.5 cm³/mol. The molecular formula is C10H15BrN2O2S. The van der Waals surface area contributed by atoms with Crippen LogP contribution in [-0.4, -0.2) is 14.0 Å². The van der Waals surface area contributed by atoms with Crippen molar-refractivity contribution in [3.63, 3.8) is 0 Å². The minimum Gasteiger partial charge on any atom is -0.325 e. The van der Waals surface area contributed by atoms with E-state index in [0.717, 1.165) is 5.56 Å². The van der Waals surface area contributed by atoms with Crippen LogP contribution in [0.5, 0.6) is 0 Å². The summed E-state index contributed by atoms with van der Waals surface area (Å²) in [6.07, 6.45) is 0.651. The van der Waals surface area contributed by atoms with E-state index < -0.39 is 10.0 Å². The van der Waals surface area contributed by atoms with Gasteiger partial charge in [-0.3, -0.25) is 0 Å². The van der Waals surface area contributed by atoms with Gasteiger partial charge < -0.3 is 5.73 Å². The Kier molecular flexibility index (Phi) is 3.79. The molecule has 0 fully saturated rings. The molecule has 4 nitrogen and oxygen atoms in total. The lowest BCUT2D eigenvalue weighted by molar-refractivity contribution is 0.515. The largest absolute Gasteiger partial charge is 0.325 e. The molecule has 0 aliphatic carbocycles. The second-order valence-electron chi connectivity index (χ2n) is 4.46. The maximum Gasteiger partial charge on any atom is 0.238 e. The van der Waals surface area contributed by atoms with E-state index in [1.165, 1.54) is 12.1 Å². The Morgan fingerprint density at radius 1 is 1.38 bits per heavy atom. The Morgan fingerprint density at radius 3 is 2.31 bits per heavy atom. The van der Waals surface area contributed by atoms with Crippen molar-refractivity contribution >= 4 is 26.0 Å². The van der Waals surface area contributed by atoms with Crippen LogP contribution in [0, 0.1) is 0 Å². The zero-order valence-electron chi connectivity index (χ0n) is 9.20. The molecule has 16 heavy (non-hydrogen) atoms. The van der Waals surface area contributed by atoms with Crippen molar-refractivity contribution in [2.75, 3.05) is 0 Å². The molecule has 0 saturated carbocycles. The van der Waals surface area contributed by atoms with Gasteiger partial charge in [-0.2, -0.15) is 0 Å². The molecule has 1 rings (SSSR count). The maximum atomic E-state index is 11.1. The molecule has 0 radical (unpaired) electrons. The number of sulfonamides is 1. The summed E-state index contributed by atoms with van der Waals surface area (Å²) in [5, 5.41) is 5.03. The van der Waals surface area contributed by atoms with Crippen molar-refractivity contribution in [2.24, 2.45) is 10.9 Å². The van der Waals surface area contributed by atoms with Gasteiger partial charge in [0, 0.05) is 10.0 Å². The maximum absolute atomic E-state index is 11.1. The van der Waals surface area contributed by atoms with Crippen LogP contribution in [0.1, 0.15) is 19.4 Å². The Labute approximate surface area is 104 Å². The minimum atomic E-state index is -3.65. The molecule has 0 unspecified atom stereocenters. The van der Waals surface area contributed by atoms with Crippen molar-refractivity contribution in [3.8, 4) is 0 Å². The molecule has 1 aromatic carbocycles. The Bertz CT molecular complexity index is 492. The van der Waals surface area contributed by atoms with Gasteiger partial charge in [-0.1, -0.05) is 22.0 Å². The number of halogens is 1. The molecule has 0 saturated heterocycles. The fourth-order valence-electron chi connectivity index (χ4n) is 1.34. The second kappa shape index (κ2) is 4.44. The molecule has 0 bridgehead atoms. The zero-order valence-corrected chi connectivity index (χ0v) is 11.6. The van der Waals surface area contributed by atoms with Gasteiger partial charge in [0.05, 0.1) is 4.90 Å². The molecule has 0 amide bonds. The van der Waals surface area contributed by atoms with Crippen LogP contribution in [0.2, 0.25) is 0 Å². The molecule has 6 heteroatoms. The van der Waals surface area contributed by atoms with E-state index in [9.17, 15) is 8.42 Å². The van der Waals surface area contributed by atoms with Gasteiger partial charge in [0.25, 0.3) is 0 Å². The Morgan fingerprint density at radius 2 is 1.94 bits per heavy atom. The summed E-state index contributed by atoms with van der Waals surface area (Å²) in [5.41, 5.74) is 6.51. The van der Waals surface area contributed by atoms with E-state index in [4.69, 9.17) is 10.9 Å². The van der Waals surface area contributed by atoms with Gasteiger partial charge in [-0.05, 0) is 38.0 Å². The number of hydrogen-bond donors (Lipinski definition) is 2. The molecular weight excluding hydrogens is 292 g/mol. The molecule has 0 aliphatic rings. The molecule has 0 atom stereocenters. The molecule has 1 aromatic rings. The minimum absolute atomic E-state index is 0.0953. The summed E-state index contributed by atoms with van der Waals surface area (Å²) < 4.78 is 22.9. The summed E-state index contributed by atoms with van der Waals surface area (Å²) in [5.74, 6) is 0. The highest BCUT2D eigenvalue weighted by Gasteiger charge is 2.16. The Balaban J connectivity index is 3.11. The topological polar surface area (TPSA) is 86.2 Å². The summed E-state index contributed by atoms with van der Waals surface area (Å²) in [4.78, 5) is 0.0953. The lowest BCUT2D eigenvalue weighted by Crippen LogP contribution is -2.34. The van der Waals surface area contributed by atoms with Crippen LogP contribution >= 0.6 is 15.9 Å². The van der Waals surface area contributed by atoms with Crippen molar-refractivity contribution in [2.45, 2.75) is 30.7 Å². The van der Waals surface area contributed by atoms with Crippen molar-refractivity contribution in [3.05, 3.63) is 28.2 Å². The normalized spacial score (nSPS) is 12.8. The fraction of sp³-hybridized carbons (Fsp3) is 0.400. The highest BCUT2D eigenvalue weighted by Crippen LogP contribution is 2.23. The predicted octanol–water partition coefficient (Wildman–Crippen LogP) is 1.38. The highest BCUT2D eigenvalue weighted by molar-refractivity contribution is 9.10. The van der Waals surface area contributed by atoms with E-state index in [-0.39, 0.29) is 10.4 Å². The number of primary sulfonamides is 1. The van der Waals surface area contributed by atoms with Crippen LogP contribution in [-0.2, 0) is 16.4 Å². The van der Waals surface area contributed by atoms with Crippen LogP contribution in [0.25, 0.3) is 0 Å². The van der Waals surface area contributed by atoms with Crippen molar-refractivity contribution < 1.29 is 8.42 Å². The number of hydrogen-bond acceptors (Lipinski definition) is 3. The van der Waals surface area contributed by atoms with E-state index in [0.29, 0.717) is 10.9 Å². The van der Waals surface area contributed by atoms with E-state index in [1.807, 2.05) is 13.8 Å². The molecule has 0 spiro atoms. The summed E-state index contributed by atoms with van der Waals surface area (Å²) in [6.45, 7) is 3.82. The third kappa shape index (κ3) is 3.86. The molecule has 4 N–H and O–H groups in total. The standard InChI is InChI=1S/C10H15BrN2O2S/c1-10(2,12)6-7-3-4-8(5-9(7)11)16(13,14)15/h3-5H,6,12H2,1-2H3,(H2,13,14,15).